The van der Waals surface area contributed by atoms with Gasteiger partial charge in [-0.15, -0.1) is 0 Å². The number of nitrogens with one attached hydrogen (secondary N) is 1. The molecule has 0 unspecified atom stereocenters. The molecule has 1 N–H and O–H groups in total. The van der Waals surface area contributed by atoms with Crippen molar-refractivity contribution in [2.75, 3.05) is 5.32 Å². The largest absolute Gasteiger partial charge is 0.326 e. The van der Waals surface area contributed by atoms with E-state index in [1.54, 1.807) is 6.92 Å². The van der Waals surface area contributed by atoms with Crippen LogP contribution < -0.4 is 5.32 Å². The Kier molecular flexibility index (Phi) is 4.02. The minimum Gasteiger partial charge on any atom is -0.326 e. The van der Waals surface area contributed by atoms with Crippen molar-refractivity contribution in [1.82, 2.24) is 0 Å². The Morgan fingerprint density at radius 3 is 2.32 bits per heavy atom. The van der Waals surface area contributed by atoms with E-state index in [9.17, 15) is 14.9 Å². The minimum absolute atomic E-state index is 0.00923. The molecule has 1 aromatic rings. The Morgan fingerprint density at radius 1 is 1.24 bits per heavy atom. The summed E-state index contributed by atoms with van der Waals surface area (Å²) in [5, 5.41) is 14.0. The summed E-state index contributed by atoms with van der Waals surface area (Å²) >= 11 is 5.99. The van der Waals surface area contributed by atoms with Crippen LogP contribution in [0.3, 0.4) is 0 Å². The Hall–Kier alpha value is -1.62. The molecule has 4 aliphatic carbocycles. The number of hydrogen-bond donors (Lipinski definition) is 1. The Morgan fingerprint density at radius 2 is 1.80 bits per heavy atom. The second kappa shape index (κ2) is 5.97. The molecule has 4 fully saturated rings. The average molecular weight is 363 g/mol. The zero-order chi connectivity index (χ0) is 17.8. The number of nitro benzene ring substituents is 1. The molecule has 0 aromatic heterocycles. The lowest BCUT2D eigenvalue weighted by Gasteiger charge is -2.56. The number of aryl methyl sites for hydroxylation is 1. The van der Waals surface area contributed by atoms with Crippen LogP contribution in [-0.2, 0) is 4.79 Å². The number of hydrogen-bond acceptors (Lipinski definition) is 3. The molecule has 25 heavy (non-hydrogen) atoms. The van der Waals surface area contributed by atoms with Gasteiger partial charge in [0.25, 0.3) is 5.69 Å². The smallest absolute Gasteiger partial charge is 0.288 e. The summed E-state index contributed by atoms with van der Waals surface area (Å²) in [7, 11) is 0. The fourth-order valence-corrected chi connectivity index (χ4v) is 6.22. The molecule has 0 atom stereocenters. The molecule has 4 aliphatic rings. The topological polar surface area (TPSA) is 72.2 Å². The van der Waals surface area contributed by atoms with Crippen molar-refractivity contribution in [3.8, 4) is 0 Å². The number of amides is 1. The third kappa shape index (κ3) is 3.14. The molecule has 134 valence electrons. The first-order valence-electron chi connectivity index (χ1n) is 9.08. The summed E-state index contributed by atoms with van der Waals surface area (Å²) in [6, 6.07) is 2.91. The van der Waals surface area contributed by atoms with Crippen LogP contribution in [0.15, 0.2) is 12.1 Å². The number of anilines is 1. The van der Waals surface area contributed by atoms with E-state index in [2.05, 4.69) is 5.32 Å². The molecule has 5 rings (SSSR count). The molecular weight excluding hydrogens is 340 g/mol. The molecule has 1 amide bonds. The van der Waals surface area contributed by atoms with Gasteiger partial charge in [0.05, 0.1) is 4.92 Å². The van der Waals surface area contributed by atoms with Crippen LogP contribution >= 0.6 is 11.6 Å². The molecule has 0 aliphatic heterocycles. The van der Waals surface area contributed by atoms with Gasteiger partial charge in [0.1, 0.15) is 5.02 Å². The Bertz CT molecular complexity index is 711. The molecule has 0 saturated heterocycles. The van der Waals surface area contributed by atoms with Crippen LogP contribution in [0.1, 0.15) is 50.5 Å². The van der Waals surface area contributed by atoms with Gasteiger partial charge in [-0.25, -0.2) is 0 Å². The van der Waals surface area contributed by atoms with Gasteiger partial charge in [0.15, 0.2) is 0 Å². The maximum Gasteiger partial charge on any atom is 0.288 e. The van der Waals surface area contributed by atoms with E-state index in [0.717, 1.165) is 17.8 Å². The number of nitro groups is 1. The number of nitrogens with zero attached hydrogens (tertiary/aromatic N) is 1. The lowest BCUT2D eigenvalue weighted by Crippen LogP contribution is -2.47. The van der Waals surface area contributed by atoms with E-state index in [1.807, 2.05) is 0 Å². The van der Waals surface area contributed by atoms with E-state index in [4.69, 9.17) is 11.6 Å². The van der Waals surface area contributed by atoms with Crippen molar-refractivity contribution in [2.45, 2.75) is 51.9 Å². The highest BCUT2D eigenvalue weighted by Gasteiger charge is 2.51. The fraction of sp³-hybridized carbons (Fsp3) is 0.632. The maximum atomic E-state index is 12.7. The predicted molar refractivity (Wildman–Crippen MR) is 96.7 cm³/mol. The van der Waals surface area contributed by atoms with Crippen molar-refractivity contribution in [3.63, 3.8) is 0 Å². The molecule has 4 saturated carbocycles. The third-order valence-corrected chi connectivity index (χ3v) is 6.77. The van der Waals surface area contributed by atoms with E-state index in [1.165, 1.54) is 50.7 Å². The number of halogens is 1. The number of carbonyl (C=O) groups is 1. The Labute approximate surface area is 152 Å². The summed E-state index contributed by atoms with van der Waals surface area (Å²) in [6.07, 6.45) is 8.20. The van der Waals surface area contributed by atoms with Crippen molar-refractivity contribution in [3.05, 3.63) is 32.8 Å². The van der Waals surface area contributed by atoms with E-state index < -0.39 is 4.92 Å². The van der Waals surface area contributed by atoms with Gasteiger partial charge >= 0.3 is 0 Å². The molecule has 0 spiro atoms. The zero-order valence-corrected chi connectivity index (χ0v) is 15.1. The quantitative estimate of drug-likeness (QED) is 0.598. The van der Waals surface area contributed by atoms with Crippen LogP contribution in [-0.4, -0.2) is 10.8 Å². The van der Waals surface area contributed by atoms with Gasteiger partial charge in [0.2, 0.25) is 5.91 Å². The molecular formula is C19H23ClN2O3. The monoisotopic (exact) mass is 362 g/mol. The van der Waals surface area contributed by atoms with Gasteiger partial charge in [0, 0.05) is 18.2 Å². The lowest BCUT2D eigenvalue weighted by atomic mass is 9.49. The molecule has 6 heteroatoms. The second-order valence-corrected chi connectivity index (χ2v) is 8.93. The van der Waals surface area contributed by atoms with Crippen LogP contribution in [0.5, 0.6) is 0 Å². The van der Waals surface area contributed by atoms with Gasteiger partial charge in [-0.1, -0.05) is 11.6 Å². The summed E-state index contributed by atoms with van der Waals surface area (Å²) in [4.78, 5) is 23.1. The minimum atomic E-state index is -0.504. The van der Waals surface area contributed by atoms with Gasteiger partial charge in [-0.3, -0.25) is 14.9 Å². The first-order chi connectivity index (χ1) is 11.8. The molecule has 0 radical (unpaired) electrons. The average Bonchev–Trinajstić information content (AvgIpc) is 2.48. The second-order valence-electron chi connectivity index (χ2n) is 8.52. The molecule has 5 nitrogen and oxygen atoms in total. The highest BCUT2D eigenvalue weighted by Crippen LogP contribution is 2.61. The van der Waals surface area contributed by atoms with Gasteiger partial charge in [-0.05, 0) is 80.2 Å². The van der Waals surface area contributed by atoms with E-state index in [0.29, 0.717) is 17.7 Å². The fourth-order valence-electron chi connectivity index (χ4n) is 5.98. The highest BCUT2D eigenvalue weighted by atomic mass is 35.5. The van der Waals surface area contributed by atoms with Gasteiger partial charge < -0.3 is 5.32 Å². The lowest BCUT2D eigenvalue weighted by molar-refractivity contribution is -0.384. The van der Waals surface area contributed by atoms with Crippen molar-refractivity contribution in [1.29, 1.82) is 0 Å². The number of rotatable bonds is 4. The van der Waals surface area contributed by atoms with E-state index in [-0.39, 0.29) is 22.0 Å². The Balaban J connectivity index is 1.48. The van der Waals surface area contributed by atoms with Crippen molar-refractivity contribution >= 4 is 28.9 Å². The first-order valence-corrected chi connectivity index (χ1v) is 9.46. The van der Waals surface area contributed by atoms with Crippen LogP contribution in [0.4, 0.5) is 11.4 Å². The SMILES string of the molecule is Cc1cc([N+](=O)[O-])c(Cl)cc1NC(=O)CC12CC3CC(CC(C3)C1)C2. The summed E-state index contributed by atoms with van der Waals surface area (Å²) < 4.78 is 0. The standard InChI is InChI=1S/C19H23ClN2O3/c1-11-2-17(22(24)25)15(20)6-16(11)21-18(23)10-19-7-12-3-13(8-19)5-14(4-12)9-19/h2,6,12-14H,3-5,7-10H2,1H3,(H,21,23). The molecule has 4 bridgehead atoms. The summed E-state index contributed by atoms with van der Waals surface area (Å²) in [5.41, 5.74) is 1.29. The van der Waals surface area contributed by atoms with Gasteiger partial charge in [-0.2, -0.15) is 0 Å². The van der Waals surface area contributed by atoms with E-state index >= 15 is 0 Å². The predicted octanol–water partition coefficient (Wildman–Crippen LogP) is 5.10. The first kappa shape index (κ1) is 16.8. The van der Waals surface area contributed by atoms with Crippen molar-refractivity contribution in [2.24, 2.45) is 23.2 Å². The summed E-state index contributed by atoms with van der Waals surface area (Å²) in [5.74, 6) is 2.45. The number of carbonyl (C=O) groups excluding carboxylic acids is 1. The van der Waals surface area contributed by atoms with Crippen LogP contribution in [0.2, 0.25) is 5.02 Å². The maximum absolute atomic E-state index is 12.7. The van der Waals surface area contributed by atoms with Crippen LogP contribution in [0, 0.1) is 40.2 Å². The summed E-state index contributed by atoms with van der Waals surface area (Å²) in [6.45, 7) is 1.75. The normalized spacial score (nSPS) is 32.6. The van der Waals surface area contributed by atoms with Crippen molar-refractivity contribution < 1.29 is 9.72 Å². The zero-order valence-electron chi connectivity index (χ0n) is 14.4. The van der Waals surface area contributed by atoms with Crippen LogP contribution in [0.25, 0.3) is 0 Å². The highest BCUT2D eigenvalue weighted by molar-refractivity contribution is 6.33. The third-order valence-electron chi connectivity index (χ3n) is 6.47. The molecule has 1 aromatic carbocycles. The number of benzene rings is 1. The molecule has 0 heterocycles.